The highest BCUT2D eigenvalue weighted by molar-refractivity contribution is 5.81. The van der Waals surface area contributed by atoms with Crippen molar-refractivity contribution in [3.63, 3.8) is 0 Å². The molecule has 1 saturated heterocycles. The minimum Gasteiger partial charge on any atom is -0.340 e. The molecule has 1 aromatic carbocycles. The van der Waals surface area contributed by atoms with Gasteiger partial charge in [0.2, 0.25) is 11.8 Å². The van der Waals surface area contributed by atoms with Crippen molar-refractivity contribution in [2.75, 3.05) is 39.3 Å². The van der Waals surface area contributed by atoms with Gasteiger partial charge in [-0.05, 0) is 18.9 Å². The van der Waals surface area contributed by atoms with Gasteiger partial charge in [-0.1, -0.05) is 57.5 Å². The van der Waals surface area contributed by atoms with E-state index in [9.17, 15) is 9.59 Å². The number of amides is 2. The maximum absolute atomic E-state index is 12.9. The normalized spacial score (nSPS) is 15.7. The molecule has 2 amide bonds. The summed E-state index contributed by atoms with van der Waals surface area (Å²) in [4.78, 5) is 31.3. The standard InChI is InChI=1S/C22H35N3O2/c1-6-11-25(16-19-9-7-18(2)8-10-19)20(26)17-23-12-14-24(15-13-23)21(27)22(3,4)5/h7-10H,6,11-17H2,1-5H3. The number of nitrogens with zero attached hydrogens (tertiary/aromatic N) is 3. The lowest BCUT2D eigenvalue weighted by Crippen LogP contribution is -2.53. The number of carbonyl (C=O) groups is 2. The van der Waals surface area contributed by atoms with Gasteiger partial charge < -0.3 is 9.80 Å². The lowest BCUT2D eigenvalue weighted by atomic mass is 9.94. The molecular weight excluding hydrogens is 338 g/mol. The van der Waals surface area contributed by atoms with Crippen LogP contribution in [0.1, 0.15) is 45.2 Å². The van der Waals surface area contributed by atoms with Crippen molar-refractivity contribution in [3.05, 3.63) is 35.4 Å². The van der Waals surface area contributed by atoms with Gasteiger partial charge >= 0.3 is 0 Å². The van der Waals surface area contributed by atoms with Crippen molar-refractivity contribution in [1.82, 2.24) is 14.7 Å². The minimum absolute atomic E-state index is 0.174. The zero-order valence-corrected chi connectivity index (χ0v) is 17.6. The summed E-state index contributed by atoms with van der Waals surface area (Å²) < 4.78 is 0. The van der Waals surface area contributed by atoms with E-state index in [4.69, 9.17) is 0 Å². The summed E-state index contributed by atoms with van der Waals surface area (Å²) in [5.41, 5.74) is 2.06. The van der Waals surface area contributed by atoms with Crippen molar-refractivity contribution in [2.45, 2.75) is 47.6 Å². The highest BCUT2D eigenvalue weighted by Gasteiger charge is 2.30. The Morgan fingerprint density at radius 1 is 1.04 bits per heavy atom. The molecule has 0 spiro atoms. The van der Waals surface area contributed by atoms with E-state index in [0.29, 0.717) is 26.2 Å². The summed E-state index contributed by atoms with van der Waals surface area (Å²) in [6.07, 6.45) is 0.950. The zero-order valence-electron chi connectivity index (χ0n) is 17.6. The van der Waals surface area contributed by atoms with Gasteiger partial charge in [0.15, 0.2) is 0 Å². The Morgan fingerprint density at radius 3 is 2.15 bits per heavy atom. The molecule has 0 bridgehead atoms. The van der Waals surface area contributed by atoms with Crippen molar-refractivity contribution in [2.24, 2.45) is 5.41 Å². The van der Waals surface area contributed by atoms with E-state index in [1.165, 1.54) is 11.1 Å². The number of hydrogen-bond acceptors (Lipinski definition) is 3. The summed E-state index contributed by atoms with van der Waals surface area (Å²) in [6.45, 7) is 14.8. The van der Waals surface area contributed by atoms with Gasteiger partial charge in [0.25, 0.3) is 0 Å². The molecule has 150 valence electrons. The highest BCUT2D eigenvalue weighted by Crippen LogP contribution is 2.18. The maximum atomic E-state index is 12.9. The number of benzene rings is 1. The molecule has 1 heterocycles. The van der Waals surface area contributed by atoms with Crippen LogP contribution < -0.4 is 0 Å². The highest BCUT2D eigenvalue weighted by atomic mass is 16.2. The first-order valence-electron chi connectivity index (χ1n) is 10.1. The fourth-order valence-electron chi connectivity index (χ4n) is 3.35. The smallest absolute Gasteiger partial charge is 0.237 e. The maximum Gasteiger partial charge on any atom is 0.237 e. The van der Waals surface area contributed by atoms with Crippen LogP contribution in [0, 0.1) is 12.3 Å². The van der Waals surface area contributed by atoms with Crippen molar-refractivity contribution in [1.29, 1.82) is 0 Å². The van der Waals surface area contributed by atoms with E-state index >= 15 is 0 Å². The van der Waals surface area contributed by atoms with Crippen LogP contribution in [0.15, 0.2) is 24.3 Å². The summed E-state index contributed by atoms with van der Waals surface area (Å²) >= 11 is 0. The first-order valence-corrected chi connectivity index (χ1v) is 10.1. The Morgan fingerprint density at radius 2 is 1.63 bits per heavy atom. The SMILES string of the molecule is CCCN(Cc1ccc(C)cc1)C(=O)CN1CCN(C(=O)C(C)(C)C)CC1. The predicted octanol–water partition coefficient (Wildman–Crippen LogP) is 2.92. The molecule has 0 radical (unpaired) electrons. The lowest BCUT2D eigenvalue weighted by molar-refractivity contribution is -0.141. The van der Waals surface area contributed by atoms with Crippen molar-refractivity contribution in [3.8, 4) is 0 Å². The average molecular weight is 374 g/mol. The summed E-state index contributed by atoms with van der Waals surface area (Å²) in [5, 5.41) is 0. The van der Waals surface area contributed by atoms with Gasteiger partial charge in [0.05, 0.1) is 6.54 Å². The van der Waals surface area contributed by atoms with E-state index in [-0.39, 0.29) is 17.2 Å². The molecule has 0 saturated carbocycles. The van der Waals surface area contributed by atoms with Crippen LogP contribution in [-0.2, 0) is 16.1 Å². The first-order chi connectivity index (χ1) is 12.7. The molecule has 1 fully saturated rings. The quantitative estimate of drug-likeness (QED) is 0.770. The third kappa shape index (κ3) is 6.35. The monoisotopic (exact) mass is 373 g/mol. The molecule has 0 aliphatic carbocycles. The van der Waals surface area contributed by atoms with Gasteiger partial charge in [0, 0.05) is 44.7 Å². The molecule has 5 nitrogen and oxygen atoms in total. The van der Waals surface area contributed by atoms with Gasteiger partial charge in [-0.3, -0.25) is 14.5 Å². The van der Waals surface area contributed by atoms with Gasteiger partial charge in [0.1, 0.15) is 0 Å². The largest absolute Gasteiger partial charge is 0.340 e. The summed E-state index contributed by atoms with van der Waals surface area (Å²) in [6, 6.07) is 8.38. The van der Waals surface area contributed by atoms with Crippen LogP contribution in [0.5, 0.6) is 0 Å². The molecule has 5 heteroatoms. The molecule has 1 aromatic rings. The van der Waals surface area contributed by atoms with E-state index in [2.05, 4.69) is 43.0 Å². The third-order valence-electron chi connectivity index (χ3n) is 5.00. The van der Waals surface area contributed by atoms with Crippen molar-refractivity contribution >= 4 is 11.8 Å². The van der Waals surface area contributed by atoms with Gasteiger partial charge in [-0.2, -0.15) is 0 Å². The summed E-state index contributed by atoms with van der Waals surface area (Å²) in [7, 11) is 0. The number of hydrogen-bond donors (Lipinski definition) is 0. The fourth-order valence-corrected chi connectivity index (χ4v) is 3.35. The molecular formula is C22H35N3O2. The molecule has 1 aliphatic heterocycles. The minimum atomic E-state index is -0.343. The zero-order chi connectivity index (χ0) is 20.0. The number of aryl methyl sites for hydroxylation is 1. The third-order valence-corrected chi connectivity index (χ3v) is 5.00. The van der Waals surface area contributed by atoms with E-state index in [1.54, 1.807) is 0 Å². The molecule has 27 heavy (non-hydrogen) atoms. The summed E-state index contributed by atoms with van der Waals surface area (Å²) in [5.74, 6) is 0.369. The second-order valence-corrected chi connectivity index (χ2v) is 8.62. The molecule has 1 aliphatic rings. The van der Waals surface area contributed by atoms with Crippen molar-refractivity contribution < 1.29 is 9.59 Å². The molecule has 0 aromatic heterocycles. The Bertz CT molecular complexity index is 626. The first kappa shape index (κ1) is 21.4. The number of piperazine rings is 1. The van der Waals surface area contributed by atoms with E-state index < -0.39 is 0 Å². The molecule has 0 atom stereocenters. The predicted molar refractivity (Wildman–Crippen MR) is 109 cm³/mol. The second-order valence-electron chi connectivity index (χ2n) is 8.62. The Hall–Kier alpha value is -1.88. The average Bonchev–Trinajstić information content (AvgIpc) is 2.62. The van der Waals surface area contributed by atoms with Crippen LogP contribution in [0.2, 0.25) is 0 Å². The van der Waals surface area contributed by atoms with Crippen LogP contribution in [0.3, 0.4) is 0 Å². The fraction of sp³-hybridized carbons (Fsp3) is 0.636. The number of rotatable bonds is 6. The van der Waals surface area contributed by atoms with Crippen LogP contribution in [0.4, 0.5) is 0 Å². The second kappa shape index (κ2) is 9.36. The number of carbonyl (C=O) groups excluding carboxylic acids is 2. The molecule has 0 unspecified atom stereocenters. The Balaban J connectivity index is 1.88. The lowest BCUT2D eigenvalue weighted by Gasteiger charge is -2.38. The van der Waals surface area contributed by atoms with Crippen LogP contribution >= 0.6 is 0 Å². The van der Waals surface area contributed by atoms with Crippen LogP contribution in [0.25, 0.3) is 0 Å². The van der Waals surface area contributed by atoms with Gasteiger partial charge in [-0.25, -0.2) is 0 Å². The topological polar surface area (TPSA) is 43.9 Å². The van der Waals surface area contributed by atoms with Gasteiger partial charge in [-0.15, -0.1) is 0 Å². The van der Waals surface area contributed by atoms with Crippen LogP contribution in [-0.4, -0.2) is 65.8 Å². The van der Waals surface area contributed by atoms with E-state index in [1.807, 2.05) is 30.6 Å². The molecule has 0 N–H and O–H groups in total. The Labute approximate surface area is 164 Å². The Kier molecular flexibility index (Phi) is 7.42. The van der Waals surface area contributed by atoms with E-state index in [0.717, 1.165) is 26.1 Å². The molecule has 2 rings (SSSR count).